The molecule has 2 aliphatic heterocycles. The molecule has 0 saturated carbocycles. The molecule has 2 aliphatic rings. The van der Waals surface area contributed by atoms with E-state index in [1.54, 1.807) is 0 Å². The largest absolute Gasteiger partial charge is 0.507 e. The van der Waals surface area contributed by atoms with Gasteiger partial charge < -0.3 is 14.6 Å². The zero-order valence-electron chi connectivity index (χ0n) is 13.5. The van der Waals surface area contributed by atoms with Crippen molar-refractivity contribution >= 4 is 10.8 Å². The summed E-state index contributed by atoms with van der Waals surface area (Å²) in [5, 5.41) is 12.8. The average Bonchev–Trinajstić information content (AvgIpc) is 2.64. The monoisotopic (exact) mass is 312 g/mol. The summed E-state index contributed by atoms with van der Waals surface area (Å²) in [4.78, 5) is 0. The molecule has 2 saturated heterocycles. The third-order valence-corrected chi connectivity index (χ3v) is 5.13. The van der Waals surface area contributed by atoms with Gasteiger partial charge >= 0.3 is 0 Å². The maximum atomic E-state index is 10.8. The number of phenolic OH excluding ortho intramolecular Hbond substituents is 1. The Hall–Kier alpha value is -1.58. The van der Waals surface area contributed by atoms with E-state index >= 15 is 0 Å². The second kappa shape index (κ2) is 6.50. The lowest BCUT2D eigenvalue weighted by molar-refractivity contribution is 0.0105. The van der Waals surface area contributed by atoms with Gasteiger partial charge in [0.25, 0.3) is 0 Å². The summed E-state index contributed by atoms with van der Waals surface area (Å²) in [5.41, 5.74) is 2.15. The number of benzene rings is 2. The number of fused-ring (bicyclic) bond motifs is 1. The van der Waals surface area contributed by atoms with Gasteiger partial charge in [0, 0.05) is 24.2 Å². The van der Waals surface area contributed by atoms with Gasteiger partial charge in [0.05, 0.1) is 12.2 Å². The van der Waals surface area contributed by atoms with Gasteiger partial charge in [-0.15, -0.1) is 0 Å². The van der Waals surface area contributed by atoms with Gasteiger partial charge in [0.15, 0.2) is 0 Å². The van der Waals surface area contributed by atoms with Crippen LogP contribution in [0.25, 0.3) is 10.8 Å². The Morgan fingerprint density at radius 3 is 2.00 bits per heavy atom. The number of ether oxygens (including phenoxy) is 2. The molecule has 4 rings (SSSR count). The van der Waals surface area contributed by atoms with Crippen LogP contribution in [-0.2, 0) is 9.47 Å². The number of hydrogen-bond acceptors (Lipinski definition) is 3. The summed E-state index contributed by atoms with van der Waals surface area (Å²) in [6.45, 7) is 1.61. The molecule has 2 aromatic carbocycles. The first-order valence-electron chi connectivity index (χ1n) is 8.82. The highest BCUT2D eigenvalue weighted by atomic mass is 16.5. The standard InChI is InChI=1S/C20H24O3/c21-20-15-8-2-1-7-14(15)16(18-9-3-5-11-22-18)13-17(20)19-10-4-6-12-23-19/h1-2,7-8,13,18-19,21H,3-6,9-12H2. The molecule has 2 fully saturated rings. The molecule has 0 amide bonds. The minimum absolute atomic E-state index is 0.00990. The molecule has 23 heavy (non-hydrogen) atoms. The highest BCUT2D eigenvalue weighted by Crippen LogP contribution is 2.43. The molecule has 0 radical (unpaired) electrons. The van der Waals surface area contributed by atoms with Crippen molar-refractivity contribution in [2.75, 3.05) is 13.2 Å². The minimum Gasteiger partial charge on any atom is -0.507 e. The first-order chi connectivity index (χ1) is 11.3. The molecule has 0 spiro atoms. The van der Waals surface area contributed by atoms with Gasteiger partial charge in [-0.25, -0.2) is 0 Å². The van der Waals surface area contributed by atoms with Crippen molar-refractivity contribution in [2.24, 2.45) is 0 Å². The minimum atomic E-state index is 0.00990. The van der Waals surface area contributed by atoms with Gasteiger partial charge in [0.2, 0.25) is 0 Å². The Bertz CT molecular complexity index is 683. The lowest BCUT2D eigenvalue weighted by atomic mass is 9.90. The lowest BCUT2D eigenvalue weighted by Gasteiger charge is -2.28. The number of phenols is 1. The van der Waals surface area contributed by atoms with Crippen molar-refractivity contribution in [3.63, 3.8) is 0 Å². The summed E-state index contributed by atoms with van der Waals surface area (Å²) >= 11 is 0. The van der Waals surface area contributed by atoms with Crippen molar-refractivity contribution in [1.29, 1.82) is 0 Å². The fourth-order valence-electron chi connectivity index (χ4n) is 3.89. The Kier molecular flexibility index (Phi) is 4.23. The molecule has 0 aliphatic carbocycles. The van der Waals surface area contributed by atoms with Crippen LogP contribution in [0.5, 0.6) is 5.75 Å². The van der Waals surface area contributed by atoms with Gasteiger partial charge in [0.1, 0.15) is 5.75 Å². The quantitative estimate of drug-likeness (QED) is 0.845. The van der Waals surface area contributed by atoms with Gasteiger partial charge in [-0.2, -0.15) is 0 Å². The molecule has 3 heteroatoms. The first-order valence-corrected chi connectivity index (χ1v) is 8.82. The van der Waals surface area contributed by atoms with E-state index in [2.05, 4.69) is 12.1 Å². The zero-order valence-corrected chi connectivity index (χ0v) is 13.5. The molecular weight excluding hydrogens is 288 g/mol. The van der Waals surface area contributed by atoms with Gasteiger partial charge in [-0.1, -0.05) is 24.3 Å². The van der Waals surface area contributed by atoms with E-state index in [-0.39, 0.29) is 12.2 Å². The van der Waals surface area contributed by atoms with E-state index in [0.717, 1.165) is 61.7 Å². The molecule has 2 aromatic rings. The van der Waals surface area contributed by atoms with Crippen LogP contribution in [0, 0.1) is 0 Å². The molecule has 2 atom stereocenters. The van der Waals surface area contributed by atoms with E-state index in [0.29, 0.717) is 5.75 Å². The summed E-state index contributed by atoms with van der Waals surface area (Å²) < 4.78 is 12.0. The fraction of sp³-hybridized carbons (Fsp3) is 0.500. The van der Waals surface area contributed by atoms with Crippen LogP contribution in [-0.4, -0.2) is 18.3 Å². The third-order valence-electron chi connectivity index (χ3n) is 5.13. The highest BCUT2D eigenvalue weighted by Gasteiger charge is 2.25. The van der Waals surface area contributed by atoms with Crippen molar-refractivity contribution in [3.05, 3.63) is 41.5 Å². The normalized spacial score (nSPS) is 25.6. The molecule has 2 heterocycles. The number of aromatic hydroxyl groups is 1. The maximum absolute atomic E-state index is 10.8. The lowest BCUT2D eigenvalue weighted by Crippen LogP contribution is -2.15. The summed E-state index contributed by atoms with van der Waals surface area (Å²) in [6.07, 6.45) is 6.80. The highest BCUT2D eigenvalue weighted by molar-refractivity contribution is 5.92. The second-order valence-corrected chi connectivity index (χ2v) is 6.66. The third kappa shape index (κ3) is 2.84. The molecule has 0 bridgehead atoms. The van der Waals surface area contributed by atoms with Crippen LogP contribution in [0.3, 0.4) is 0 Å². The Labute approximate surface area is 137 Å². The van der Waals surface area contributed by atoms with Crippen LogP contribution < -0.4 is 0 Å². The maximum Gasteiger partial charge on any atom is 0.129 e. The number of rotatable bonds is 2. The SMILES string of the molecule is Oc1c(C2CCCCO2)cc(C2CCCCO2)c2ccccc12. The molecule has 0 aromatic heterocycles. The van der Waals surface area contributed by atoms with Crippen LogP contribution in [0.4, 0.5) is 0 Å². The first kappa shape index (κ1) is 15.0. The second-order valence-electron chi connectivity index (χ2n) is 6.66. The molecular formula is C20H24O3. The molecule has 122 valence electrons. The van der Waals surface area contributed by atoms with E-state index in [4.69, 9.17) is 9.47 Å². The van der Waals surface area contributed by atoms with E-state index in [9.17, 15) is 5.11 Å². The molecule has 1 N–H and O–H groups in total. The smallest absolute Gasteiger partial charge is 0.129 e. The van der Waals surface area contributed by atoms with Crippen LogP contribution in [0.15, 0.2) is 30.3 Å². The van der Waals surface area contributed by atoms with Crippen LogP contribution >= 0.6 is 0 Å². The van der Waals surface area contributed by atoms with Gasteiger partial charge in [-0.05, 0) is 55.5 Å². The van der Waals surface area contributed by atoms with Crippen LogP contribution in [0.2, 0.25) is 0 Å². The predicted molar refractivity (Wildman–Crippen MR) is 90.7 cm³/mol. The average molecular weight is 312 g/mol. The summed E-state index contributed by atoms with van der Waals surface area (Å²) in [6, 6.07) is 10.3. The van der Waals surface area contributed by atoms with E-state index in [1.165, 1.54) is 12.0 Å². The van der Waals surface area contributed by atoms with Crippen molar-refractivity contribution in [2.45, 2.75) is 50.7 Å². The summed E-state index contributed by atoms with van der Waals surface area (Å²) in [5.74, 6) is 0.382. The topological polar surface area (TPSA) is 38.7 Å². The van der Waals surface area contributed by atoms with Crippen molar-refractivity contribution < 1.29 is 14.6 Å². The zero-order chi connectivity index (χ0) is 15.6. The Balaban J connectivity index is 1.84. The fourth-order valence-corrected chi connectivity index (χ4v) is 3.89. The Morgan fingerprint density at radius 1 is 0.783 bits per heavy atom. The van der Waals surface area contributed by atoms with Gasteiger partial charge in [-0.3, -0.25) is 0 Å². The predicted octanol–water partition coefficient (Wildman–Crippen LogP) is 5.03. The molecule has 2 unspecified atom stereocenters. The molecule has 3 nitrogen and oxygen atoms in total. The van der Waals surface area contributed by atoms with E-state index in [1.807, 2.05) is 18.2 Å². The number of hydrogen-bond donors (Lipinski definition) is 1. The van der Waals surface area contributed by atoms with Crippen LogP contribution in [0.1, 0.15) is 61.9 Å². The summed E-state index contributed by atoms with van der Waals surface area (Å²) in [7, 11) is 0. The van der Waals surface area contributed by atoms with Crippen molar-refractivity contribution in [1.82, 2.24) is 0 Å². The Morgan fingerprint density at radius 2 is 1.39 bits per heavy atom. The van der Waals surface area contributed by atoms with E-state index < -0.39 is 0 Å². The van der Waals surface area contributed by atoms with Crippen molar-refractivity contribution in [3.8, 4) is 5.75 Å².